The van der Waals surface area contributed by atoms with Gasteiger partial charge in [0.25, 0.3) is 0 Å². The number of hydrogen-bond acceptors (Lipinski definition) is 0. The van der Waals surface area contributed by atoms with Gasteiger partial charge >= 0.3 is 0 Å². The lowest BCUT2D eigenvalue weighted by Crippen LogP contribution is -2.30. The van der Waals surface area contributed by atoms with Crippen LogP contribution in [0.15, 0.2) is 218 Å². The van der Waals surface area contributed by atoms with E-state index in [1.807, 2.05) is 30.3 Å². The highest BCUT2D eigenvalue weighted by atomic mass is 14.4. The van der Waals surface area contributed by atoms with Crippen LogP contribution in [0.4, 0.5) is 0 Å². The van der Waals surface area contributed by atoms with Crippen LogP contribution < -0.4 is 0 Å². The van der Waals surface area contributed by atoms with Gasteiger partial charge in [-0.05, 0) is 90.3 Å². The number of fused-ring (bicyclic) bond motifs is 2. The minimum Gasteiger partial charge on any atom is -0.0622 e. The maximum atomic E-state index is 3.34. The Kier molecular flexibility index (Phi) is 8.45. The molecule has 0 aromatic heterocycles. The Morgan fingerprint density at radius 1 is 0.245 bits per heavy atom. The van der Waals surface area contributed by atoms with Crippen LogP contribution in [0.2, 0.25) is 0 Å². The van der Waals surface area contributed by atoms with Crippen LogP contribution in [0.5, 0.6) is 0 Å². The number of hydrogen-bond donors (Lipinski definition) is 0. The molecule has 0 heterocycles. The third-order valence-electron chi connectivity index (χ3n) is 10.5. The van der Waals surface area contributed by atoms with E-state index in [-0.39, 0.29) is 0 Å². The summed E-state index contributed by atoms with van der Waals surface area (Å²) in [5.74, 6) is 6.64. The molecule has 0 spiro atoms. The van der Waals surface area contributed by atoms with E-state index in [1.165, 1.54) is 66.1 Å². The minimum atomic E-state index is -0.492. The van der Waals surface area contributed by atoms with Crippen molar-refractivity contribution in [1.29, 1.82) is 0 Å². The summed E-state index contributed by atoms with van der Waals surface area (Å²) in [6.07, 6.45) is 0. The largest absolute Gasteiger partial charge is 0.0701 e. The monoisotopic (exact) mass is 672 g/mol. The lowest BCUT2D eigenvalue weighted by Gasteiger charge is -2.37. The molecule has 0 bridgehead atoms. The molecule has 0 heteroatoms. The summed E-state index contributed by atoms with van der Waals surface area (Å²) >= 11 is 0. The molecular formula is C53H36. The van der Waals surface area contributed by atoms with E-state index in [4.69, 9.17) is 0 Å². The van der Waals surface area contributed by atoms with Crippen molar-refractivity contribution >= 4 is 21.5 Å². The standard InChI is InChI=1S/C53H36/c1-5-17-39(18-6-1)29-30-40-31-33-41(34-32-40)51-47-25-13-15-27-49(47)52(50-28-16-14-26-48(50)51)42-35-37-46(38-36-42)53(43-19-7-2-8-20-43,44-21-9-3-10-22-44)45-23-11-4-12-24-45/h1-28,31-38H. The van der Waals surface area contributed by atoms with Crippen LogP contribution in [-0.4, -0.2) is 0 Å². The summed E-state index contributed by atoms with van der Waals surface area (Å²) in [5, 5.41) is 4.95. The first kappa shape index (κ1) is 32.0. The van der Waals surface area contributed by atoms with Gasteiger partial charge in [-0.15, -0.1) is 0 Å². The highest BCUT2D eigenvalue weighted by Crippen LogP contribution is 2.47. The third kappa shape index (κ3) is 5.80. The van der Waals surface area contributed by atoms with Crippen molar-refractivity contribution in [3.63, 3.8) is 0 Å². The van der Waals surface area contributed by atoms with Crippen LogP contribution in [0.1, 0.15) is 33.4 Å². The smallest absolute Gasteiger partial charge is 0.0622 e. The maximum absolute atomic E-state index is 3.34. The number of benzene rings is 9. The molecule has 9 aromatic carbocycles. The molecule has 9 rings (SSSR count). The van der Waals surface area contributed by atoms with Gasteiger partial charge in [0.05, 0.1) is 5.41 Å². The fraction of sp³-hybridized carbons (Fsp3) is 0.0189. The fourth-order valence-electron chi connectivity index (χ4n) is 8.09. The van der Waals surface area contributed by atoms with Crippen LogP contribution in [0, 0.1) is 11.8 Å². The molecule has 53 heavy (non-hydrogen) atoms. The van der Waals surface area contributed by atoms with Crippen molar-refractivity contribution in [2.45, 2.75) is 5.41 Å². The summed E-state index contributed by atoms with van der Waals surface area (Å²) in [7, 11) is 0. The Bertz CT molecular complexity index is 2560. The summed E-state index contributed by atoms with van der Waals surface area (Å²) in [5.41, 5.74) is 11.3. The van der Waals surface area contributed by atoms with Crippen LogP contribution in [0.3, 0.4) is 0 Å². The van der Waals surface area contributed by atoms with E-state index in [0.29, 0.717) is 0 Å². The first-order valence-corrected chi connectivity index (χ1v) is 18.2. The van der Waals surface area contributed by atoms with E-state index in [9.17, 15) is 0 Å². The summed E-state index contributed by atoms with van der Waals surface area (Å²) in [4.78, 5) is 0. The number of rotatable bonds is 6. The molecule has 0 atom stereocenters. The Balaban J connectivity index is 1.21. The highest BCUT2D eigenvalue weighted by Gasteiger charge is 2.38. The molecular weight excluding hydrogens is 637 g/mol. The van der Waals surface area contributed by atoms with E-state index >= 15 is 0 Å². The molecule has 0 nitrogen and oxygen atoms in total. The molecule has 0 aliphatic carbocycles. The van der Waals surface area contributed by atoms with Crippen LogP contribution in [0.25, 0.3) is 43.8 Å². The van der Waals surface area contributed by atoms with Gasteiger partial charge in [0.15, 0.2) is 0 Å². The third-order valence-corrected chi connectivity index (χ3v) is 10.5. The SMILES string of the molecule is C(#Cc1ccc(-c2c3ccccc3c(-c3ccc(C(c4ccccc4)(c4ccccc4)c4ccccc4)cc3)c3ccccc23)cc1)c1ccccc1. The average molecular weight is 673 g/mol. The molecule has 0 amide bonds. The van der Waals surface area contributed by atoms with Crippen LogP contribution >= 0.6 is 0 Å². The molecule has 0 N–H and O–H groups in total. The summed E-state index contributed by atoms with van der Waals surface area (Å²) in [6, 6.07) is 78.7. The first-order chi connectivity index (χ1) is 26.3. The second-order valence-electron chi connectivity index (χ2n) is 13.5. The van der Waals surface area contributed by atoms with Crippen molar-refractivity contribution in [1.82, 2.24) is 0 Å². The highest BCUT2D eigenvalue weighted by molar-refractivity contribution is 6.21. The van der Waals surface area contributed by atoms with Crippen molar-refractivity contribution in [3.8, 4) is 34.1 Å². The van der Waals surface area contributed by atoms with Gasteiger partial charge in [0, 0.05) is 11.1 Å². The molecule has 248 valence electrons. The zero-order valence-electron chi connectivity index (χ0n) is 29.3. The topological polar surface area (TPSA) is 0 Å². The van der Waals surface area contributed by atoms with E-state index in [2.05, 4.69) is 200 Å². The molecule has 0 aliphatic rings. The molecule has 0 saturated carbocycles. The molecule has 9 aromatic rings. The molecule has 0 saturated heterocycles. The van der Waals surface area contributed by atoms with Crippen molar-refractivity contribution in [2.24, 2.45) is 0 Å². The molecule has 0 unspecified atom stereocenters. The van der Waals surface area contributed by atoms with Gasteiger partial charge < -0.3 is 0 Å². The molecule has 0 aliphatic heterocycles. The van der Waals surface area contributed by atoms with E-state index in [1.54, 1.807) is 0 Å². The Morgan fingerprint density at radius 3 is 0.906 bits per heavy atom. The predicted octanol–water partition coefficient (Wildman–Crippen LogP) is 13.1. The normalized spacial score (nSPS) is 11.2. The van der Waals surface area contributed by atoms with Gasteiger partial charge in [0.1, 0.15) is 0 Å². The zero-order valence-corrected chi connectivity index (χ0v) is 29.3. The average Bonchev–Trinajstić information content (AvgIpc) is 3.24. The van der Waals surface area contributed by atoms with E-state index in [0.717, 1.165) is 11.1 Å². The van der Waals surface area contributed by atoms with Crippen molar-refractivity contribution in [2.75, 3.05) is 0 Å². The van der Waals surface area contributed by atoms with Crippen molar-refractivity contribution in [3.05, 3.63) is 252 Å². The lowest BCUT2D eigenvalue weighted by atomic mass is 9.65. The lowest BCUT2D eigenvalue weighted by molar-refractivity contribution is 0.745. The maximum Gasteiger partial charge on any atom is 0.0701 e. The van der Waals surface area contributed by atoms with Gasteiger partial charge in [0.2, 0.25) is 0 Å². The molecule has 0 fully saturated rings. The second kappa shape index (κ2) is 14.0. The van der Waals surface area contributed by atoms with Gasteiger partial charge in [-0.3, -0.25) is 0 Å². The second-order valence-corrected chi connectivity index (χ2v) is 13.5. The first-order valence-electron chi connectivity index (χ1n) is 18.2. The quantitative estimate of drug-likeness (QED) is 0.0937. The minimum absolute atomic E-state index is 0.492. The predicted molar refractivity (Wildman–Crippen MR) is 223 cm³/mol. The van der Waals surface area contributed by atoms with Gasteiger partial charge in [-0.2, -0.15) is 0 Å². The van der Waals surface area contributed by atoms with Crippen LogP contribution in [-0.2, 0) is 5.41 Å². The van der Waals surface area contributed by atoms with Gasteiger partial charge in [-0.1, -0.05) is 206 Å². The fourth-order valence-corrected chi connectivity index (χ4v) is 8.09. The summed E-state index contributed by atoms with van der Waals surface area (Å²) < 4.78 is 0. The Morgan fingerprint density at radius 2 is 0.528 bits per heavy atom. The van der Waals surface area contributed by atoms with Gasteiger partial charge in [-0.25, -0.2) is 0 Å². The summed E-state index contributed by atoms with van der Waals surface area (Å²) in [6.45, 7) is 0. The van der Waals surface area contributed by atoms with Crippen molar-refractivity contribution < 1.29 is 0 Å². The molecule has 0 radical (unpaired) electrons. The zero-order chi connectivity index (χ0) is 35.5. The Labute approximate surface area is 311 Å². The Hall–Kier alpha value is -6.94. The van der Waals surface area contributed by atoms with E-state index < -0.39 is 5.41 Å².